The number of H-pyrrole nitrogens is 1. The molecular weight excluding hydrogens is 246 g/mol. The van der Waals surface area contributed by atoms with E-state index in [1.54, 1.807) is 6.92 Å². The highest BCUT2D eigenvalue weighted by molar-refractivity contribution is 5.96. The third-order valence-corrected chi connectivity index (χ3v) is 3.80. The highest BCUT2D eigenvalue weighted by Gasteiger charge is 2.36. The summed E-state index contributed by atoms with van der Waals surface area (Å²) in [5, 5.41) is 18.8. The Kier molecular flexibility index (Phi) is 3.87. The summed E-state index contributed by atoms with van der Waals surface area (Å²) in [4.78, 5) is 23.5. The van der Waals surface area contributed by atoms with Gasteiger partial charge in [-0.2, -0.15) is 5.10 Å². The van der Waals surface area contributed by atoms with Crippen molar-refractivity contribution in [1.82, 2.24) is 10.2 Å². The monoisotopic (exact) mass is 265 g/mol. The molecule has 2 unspecified atom stereocenters. The summed E-state index contributed by atoms with van der Waals surface area (Å²) < 4.78 is 0. The van der Waals surface area contributed by atoms with Gasteiger partial charge in [0.05, 0.1) is 28.9 Å². The molecule has 0 aliphatic heterocycles. The second-order valence-electron chi connectivity index (χ2n) is 5.13. The second-order valence-corrected chi connectivity index (χ2v) is 5.13. The molecule has 1 aliphatic rings. The standard InChI is InChI=1S/C13H19N3O3/c1-7-11(8(2)16-15-7)14-12(17)9-5-3-4-6-10(9)13(18)19/h9-10H,3-6H2,1-2H3,(H,14,17)(H,15,16)(H,18,19). The molecule has 1 amide bonds. The maximum atomic E-state index is 12.3. The summed E-state index contributed by atoms with van der Waals surface area (Å²) in [5.74, 6) is -2.10. The van der Waals surface area contributed by atoms with Gasteiger partial charge in [0.25, 0.3) is 0 Å². The Hall–Kier alpha value is -1.85. The molecule has 1 fully saturated rings. The molecule has 19 heavy (non-hydrogen) atoms. The molecule has 1 aromatic rings. The van der Waals surface area contributed by atoms with Crippen LogP contribution in [-0.2, 0) is 9.59 Å². The fourth-order valence-electron chi connectivity index (χ4n) is 2.69. The van der Waals surface area contributed by atoms with Crippen LogP contribution in [0, 0.1) is 25.7 Å². The molecule has 6 nitrogen and oxygen atoms in total. The summed E-state index contributed by atoms with van der Waals surface area (Å²) in [5.41, 5.74) is 2.17. The first-order chi connectivity index (χ1) is 9.00. The Morgan fingerprint density at radius 3 is 2.42 bits per heavy atom. The number of nitrogens with one attached hydrogen (secondary N) is 2. The summed E-state index contributed by atoms with van der Waals surface area (Å²) >= 11 is 0. The average Bonchev–Trinajstić information content (AvgIpc) is 2.70. The lowest BCUT2D eigenvalue weighted by Gasteiger charge is -2.27. The number of carbonyl (C=O) groups excluding carboxylic acids is 1. The van der Waals surface area contributed by atoms with Crippen LogP contribution in [0.5, 0.6) is 0 Å². The Labute approximate surface area is 111 Å². The SMILES string of the molecule is Cc1n[nH]c(C)c1NC(=O)C1CCCCC1C(=O)O. The van der Waals surface area contributed by atoms with E-state index in [2.05, 4.69) is 15.5 Å². The normalized spacial score (nSPS) is 23.1. The van der Waals surface area contributed by atoms with Crippen LogP contribution in [0.15, 0.2) is 0 Å². The van der Waals surface area contributed by atoms with Crippen LogP contribution in [-0.4, -0.2) is 27.2 Å². The average molecular weight is 265 g/mol. The lowest BCUT2D eigenvalue weighted by molar-refractivity contribution is -0.147. The van der Waals surface area contributed by atoms with E-state index in [1.807, 2.05) is 6.92 Å². The van der Waals surface area contributed by atoms with Crippen LogP contribution in [0.25, 0.3) is 0 Å². The van der Waals surface area contributed by atoms with Crippen LogP contribution in [0.1, 0.15) is 37.1 Å². The van der Waals surface area contributed by atoms with Crippen molar-refractivity contribution in [2.45, 2.75) is 39.5 Å². The molecular formula is C13H19N3O3. The molecule has 1 aromatic heterocycles. The van der Waals surface area contributed by atoms with Gasteiger partial charge in [0.15, 0.2) is 0 Å². The molecule has 1 saturated carbocycles. The van der Waals surface area contributed by atoms with E-state index in [1.165, 1.54) is 0 Å². The highest BCUT2D eigenvalue weighted by Crippen LogP contribution is 2.31. The molecule has 0 radical (unpaired) electrons. The molecule has 0 spiro atoms. The van der Waals surface area contributed by atoms with Crippen LogP contribution in [0.4, 0.5) is 5.69 Å². The molecule has 0 bridgehead atoms. The van der Waals surface area contributed by atoms with Gasteiger partial charge in [-0.15, -0.1) is 0 Å². The predicted molar refractivity (Wildman–Crippen MR) is 69.8 cm³/mol. The zero-order valence-corrected chi connectivity index (χ0v) is 11.2. The molecule has 0 aromatic carbocycles. The van der Waals surface area contributed by atoms with Gasteiger partial charge in [-0.3, -0.25) is 14.7 Å². The maximum Gasteiger partial charge on any atom is 0.307 e. The lowest BCUT2D eigenvalue weighted by atomic mass is 9.78. The highest BCUT2D eigenvalue weighted by atomic mass is 16.4. The van der Waals surface area contributed by atoms with Crippen molar-refractivity contribution in [1.29, 1.82) is 0 Å². The molecule has 1 aliphatic carbocycles. The number of carboxylic acid groups (broad SMARTS) is 1. The van der Waals surface area contributed by atoms with Gasteiger partial charge < -0.3 is 10.4 Å². The van der Waals surface area contributed by atoms with Crippen LogP contribution in [0.2, 0.25) is 0 Å². The number of rotatable bonds is 3. The number of nitrogens with zero attached hydrogens (tertiary/aromatic N) is 1. The van der Waals surface area contributed by atoms with Crippen molar-refractivity contribution in [3.8, 4) is 0 Å². The zero-order chi connectivity index (χ0) is 14.0. The van der Waals surface area contributed by atoms with Gasteiger partial charge in [-0.05, 0) is 26.7 Å². The van der Waals surface area contributed by atoms with Crippen molar-refractivity contribution < 1.29 is 14.7 Å². The number of amides is 1. The number of aromatic nitrogens is 2. The fourth-order valence-corrected chi connectivity index (χ4v) is 2.69. The molecule has 2 rings (SSSR count). The van der Waals surface area contributed by atoms with Crippen molar-refractivity contribution in [3.63, 3.8) is 0 Å². The molecule has 1 heterocycles. The number of aryl methyl sites for hydroxylation is 2. The van der Waals surface area contributed by atoms with Gasteiger partial charge in [-0.25, -0.2) is 0 Å². The summed E-state index contributed by atoms with van der Waals surface area (Å²) in [6.07, 6.45) is 3.01. The topological polar surface area (TPSA) is 95.1 Å². The second kappa shape index (κ2) is 5.42. The van der Waals surface area contributed by atoms with E-state index < -0.39 is 17.8 Å². The van der Waals surface area contributed by atoms with E-state index in [4.69, 9.17) is 0 Å². The lowest BCUT2D eigenvalue weighted by Crippen LogP contribution is -2.36. The molecule has 2 atom stereocenters. The number of aliphatic carboxylic acids is 1. The Balaban J connectivity index is 2.12. The Morgan fingerprint density at radius 1 is 1.26 bits per heavy atom. The van der Waals surface area contributed by atoms with Crippen molar-refractivity contribution in [2.24, 2.45) is 11.8 Å². The van der Waals surface area contributed by atoms with Gasteiger partial charge in [0, 0.05) is 0 Å². The van der Waals surface area contributed by atoms with Gasteiger partial charge in [0.2, 0.25) is 5.91 Å². The number of carbonyl (C=O) groups is 2. The smallest absolute Gasteiger partial charge is 0.307 e. The Morgan fingerprint density at radius 2 is 1.89 bits per heavy atom. The van der Waals surface area contributed by atoms with Crippen molar-refractivity contribution in [3.05, 3.63) is 11.4 Å². The number of hydrogen-bond donors (Lipinski definition) is 3. The zero-order valence-electron chi connectivity index (χ0n) is 11.2. The minimum Gasteiger partial charge on any atom is -0.481 e. The minimum atomic E-state index is -0.875. The van der Waals surface area contributed by atoms with E-state index >= 15 is 0 Å². The third-order valence-electron chi connectivity index (χ3n) is 3.80. The Bertz CT molecular complexity index is 476. The quantitative estimate of drug-likeness (QED) is 0.777. The van der Waals surface area contributed by atoms with Crippen molar-refractivity contribution >= 4 is 17.6 Å². The number of aromatic amines is 1. The predicted octanol–water partition coefficient (Wildman–Crippen LogP) is 1.86. The van der Waals surface area contributed by atoms with Crippen molar-refractivity contribution in [2.75, 3.05) is 5.32 Å². The largest absolute Gasteiger partial charge is 0.481 e. The van der Waals surface area contributed by atoms with E-state index in [0.29, 0.717) is 24.2 Å². The summed E-state index contributed by atoms with van der Waals surface area (Å²) in [7, 11) is 0. The van der Waals surface area contributed by atoms with Crippen LogP contribution >= 0.6 is 0 Å². The summed E-state index contributed by atoms with van der Waals surface area (Å²) in [6, 6.07) is 0. The number of carboxylic acids is 1. The fraction of sp³-hybridized carbons (Fsp3) is 0.615. The first kappa shape index (κ1) is 13.6. The van der Waals surface area contributed by atoms with E-state index in [-0.39, 0.29) is 5.91 Å². The molecule has 0 saturated heterocycles. The van der Waals surface area contributed by atoms with Gasteiger partial charge in [0.1, 0.15) is 0 Å². The first-order valence-corrected chi connectivity index (χ1v) is 6.56. The molecule has 6 heteroatoms. The van der Waals surface area contributed by atoms with Gasteiger partial charge >= 0.3 is 5.97 Å². The van der Waals surface area contributed by atoms with Gasteiger partial charge in [-0.1, -0.05) is 12.8 Å². The summed E-state index contributed by atoms with van der Waals surface area (Å²) in [6.45, 7) is 3.62. The number of hydrogen-bond acceptors (Lipinski definition) is 3. The van der Waals surface area contributed by atoms with E-state index in [0.717, 1.165) is 18.5 Å². The van der Waals surface area contributed by atoms with Crippen LogP contribution < -0.4 is 5.32 Å². The molecule has 104 valence electrons. The van der Waals surface area contributed by atoms with E-state index in [9.17, 15) is 14.7 Å². The first-order valence-electron chi connectivity index (χ1n) is 6.56. The molecule has 3 N–H and O–H groups in total. The number of anilines is 1. The minimum absolute atomic E-state index is 0.209. The van der Waals surface area contributed by atoms with Crippen LogP contribution in [0.3, 0.4) is 0 Å². The maximum absolute atomic E-state index is 12.3. The third kappa shape index (κ3) is 2.77.